The van der Waals surface area contributed by atoms with Crippen molar-refractivity contribution in [2.24, 2.45) is 7.05 Å². The second-order valence-corrected chi connectivity index (χ2v) is 5.91. The number of hydrogen-bond donors (Lipinski definition) is 1. The van der Waals surface area contributed by atoms with Crippen molar-refractivity contribution < 1.29 is 0 Å². The van der Waals surface area contributed by atoms with Crippen molar-refractivity contribution in [2.45, 2.75) is 25.4 Å². The number of hydrogen-bond acceptors (Lipinski definition) is 3. The van der Waals surface area contributed by atoms with E-state index in [-0.39, 0.29) is 0 Å². The molecular formula is C17H24N4. The standard InChI is InChI=1S/C17H24N4/c1-20-11-8-16(19-20)13-21-10-5-9-18-17(14-21)12-15-6-3-2-4-7-15/h2-4,6-8,11,17-18H,5,9-10,12-14H2,1H3. The van der Waals surface area contributed by atoms with E-state index in [1.165, 1.54) is 12.0 Å². The minimum Gasteiger partial charge on any atom is -0.312 e. The van der Waals surface area contributed by atoms with Crippen LogP contribution in [-0.4, -0.2) is 40.4 Å². The molecule has 1 N–H and O–H groups in total. The van der Waals surface area contributed by atoms with Gasteiger partial charge < -0.3 is 5.32 Å². The highest BCUT2D eigenvalue weighted by atomic mass is 15.3. The zero-order chi connectivity index (χ0) is 14.5. The van der Waals surface area contributed by atoms with Gasteiger partial charge in [-0.05, 0) is 37.6 Å². The van der Waals surface area contributed by atoms with Crippen LogP contribution in [0.25, 0.3) is 0 Å². The lowest BCUT2D eigenvalue weighted by atomic mass is 10.1. The van der Waals surface area contributed by atoms with Gasteiger partial charge in [-0.2, -0.15) is 5.10 Å². The highest BCUT2D eigenvalue weighted by Crippen LogP contribution is 2.10. The second kappa shape index (κ2) is 6.87. The zero-order valence-corrected chi connectivity index (χ0v) is 12.7. The van der Waals surface area contributed by atoms with E-state index < -0.39 is 0 Å². The largest absolute Gasteiger partial charge is 0.312 e. The number of aryl methyl sites for hydroxylation is 1. The molecule has 0 amide bonds. The Morgan fingerprint density at radius 1 is 1.24 bits per heavy atom. The van der Waals surface area contributed by atoms with Crippen LogP contribution in [0.3, 0.4) is 0 Å². The fraction of sp³-hybridized carbons (Fsp3) is 0.471. The van der Waals surface area contributed by atoms with Gasteiger partial charge in [0.15, 0.2) is 0 Å². The summed E-state index contributed by atoms with van der Waals surface area (Å²) in [4.78, 5) is 2.52. The fourth-order valence-electron chi connectivity index (χ4n) is 3.03. The molecule has 112 valence electrons. The van der Waals surface area contributed by atoms with Gasteiger partial charge in [-0.25, -0.2) is 0 Å². The van der Waals surface area contributed by atoms with Gasteiger partial charge in [0.1, 0.15) is 0 Å². The van der Waals surface area contributed by atoms with Gasteiger partial charge in [0.2, 0.25) is 0 Å². The summed E-state index contributed by atoms with van der Waals surface area (Å²) in [5.74, 6) is 0. The Labute approximate surface area is 126 Å². The Morgan fingerprint density at radius 3 is 2.86 bits per heavy atom. The van der Waals surface area contributed by atoms with E-state index in [9.17, 15) is 0 Å². The van der Waals surface area contributed by atoms with E-state index in [1.54, 1.807) is 0 Å². The molecule has 4 nitrogen and oxygen atoms in total. The molecule has 1 aromatic heterocycles. The molecule has 2 aromatic rings. The summed E-state index contributed by atoms with van der Waals surface area (Å²) in [5, 5.41) is 8.18. The van der Waals surface area contributed by atoms with Crippen molar-refractivity contribution in [1.29, 1.82) is 0 Å². The summed E-state index contributed by atoms with van der Waals surface area (Å²) in [6.07, 6.45) is 4.32. The third kappa shape index (κ3) is 4.16. The number of benzene rings is 1. The second-order valence-electron chi connectivity index (χ2n) is 5.91. The van der Waals surface area contributed by atoms with E-state index in [0.29, 0.717) is 6.04 Å². The van der Waals surface area contributed by atoms with Crippen molar-refractivity contribution in [2.75, 3.05) is 19.6 Å². The van der Waals surface area contributed by atoms with E-state index in [2.05, 4.69) is 51.7 Å². The van der Waals surface area contributed by atoms with Crippen LogP contribution in [0.2, 0.25) is 0 Å². The molecule has 1 aliphatic rings. The predicted octanol–water partition coefficient (Wildman–Crippen LogP) is 1.83. The Hall–Kier alpha value is -1.65. The summed E-state index contributed by atoms with van der Waals surface area (Å²) in [5.41, 5.74) is 2.58. The van der Waals surface area contributed by atoms with Gasteiger partial charge in [0.25, 0.3) is 0 Å². The molecule has 1 aromatic carbocycles. The topological polar surface area (TPSA) is 33.1 Å². The van der Waals surface area contributed by atoms with Crippen LogP contribution in [0.5, 0.6) is 0 Å². The maximum atomic E-state index is 4.50. The summed E-state index contributed by atoms with van der Waals surface area (Å²) >= 11 is 0. The first-order valence-electron chi connectivity index (χ1n) is 7.78. The van der Waals surface area contributed by atoms with Gasteiger partial charge in [0, 0.05) is 32.4 Å². The van der Waals surface area contributed by atoms with Gasteiger partial charge in [-0.15, -0.1) is 0 Å². The molecule has 2 heterocycles. The van der Waals surface area contributed by atoms with Crippen LogP contribution in [0.4, 0.5) is 0 Å². The van der Waals surface area contributed by atoms with E-state index in [1.807, 2.05) is 17.9 Å². The van der Waals surface area contributed by atoms with Crippen LogP contribution in [0, 0.1) is 0 Å². The average Bonchev–Trinajstić information content (AvgIpc) is 2.76. The number of nitrogens with zero attached hydrogens (tertiary/aromatic N) is 3. The minimum absolute atomic E-state index is 0.526. The van der Waals surface area contributed by atoms with E-state index in [4.69, 9.17) is 0 Å². The van der Waals surface area contributed by atoms with Crippen LogP contribution >= 0.6 is 0 Å². The molecule has 1 aliphatic heterocycles. The van der Waals surface area contributed by atoms with E-state index >= 15 is 0 Å². The van der Waals surface area contributed by atoms with Crippen molar-refractivity contribution in [3.8, 4) is 0 Å². The van der Waals surface area contributed by atoms with Crippen molar-refractivity contribution in [1.82, 2.24) is 20.0 Å². The summed E-state index contributed by atoms with van der Waals surface area (Å²) in [6, 6.07) is 13.4. The van der Waals surface area contributed by atoms with Gasteiger partial charge in [0.05, 0.1) is 5.69 Å². The third-order valence-corrected chi connectivity index (χ3v) is 4.04. The van der Waals surface area contributed by atoms with Crippen LogP contribution in [-0.2, 0) is 20.0 Å². The summed E-state index contributed by atoms with van der Waals surface area (Å²) in [7, 11) is 1.98. The summed E-state index contributed by atoms with van der Waals surface area (Å²) in [6.45, 7) is 4.30. The predicted molar refractivity (Wildman–Crippen MR) is 85.0 cm³/mol. The Balaban J connectivity index is 1.60. The molecule has 0 bridgehead atoms. The molecule has 4 heteroatoms. The molecule has 1 unspecified atom stereocenters. The average molecular weight is 284 g/mol. The molecule has 1 saturated heterocycles. The molecule has 0 saturated carbocycles. The zero-order valence-electron chi connectivity index (χ0n) is 12.7. The lowest BCUT2D eigenvalue weighted by Gasteiger charge is -2.23. The van der Waals surface area contributed by atoms with Crippen LogP contribution in [0.15, 0.2) is 42.6 Å². The van der Waals surface area contributed by atoms with Crippen molar-refractivity contribution in [3.05, 3.63) is 53.9 Å². The molecule has 1 atom stereocenters. The summed E-state index contributed by atoms with van der Waals surface area (Å²) < 4.78 is 1.88. The lowest BCUT2D eigenvalue weighted by molar-refractivity contribution is 0.255. The highest BCUT2D eigenvalue weighted by molar-refractivity contribution is 5.16. The number of aromatic nitrogens is 2. The first kappa shape index (κ1) is 14.3. The monoisotopic (exact) mass is 284 g/mol. The highest BCUT2D eigenvalue weighted by Gasteiger charge is 2.18. The molecule has 21 heavy (non-hydrogen) atoms. The smallest absolute Gasteiger partial charge is 0.0764 e. The van der Waals surface area contributed by atoms with Gasteiger partial charge in [-0.1, -0.05) is 30.3 Å². The third-order valence-electron chi connectivity index (χ3n) is 4.04. The SMILES string of the molecule is Cn1ccc(CN2CCCNC(Cc3ccccc3)C2)n1. The maximum Gasteiger partial charge on any atom is 0.0764 e. The molecule has 1 fully saturated rings. The van der Waals surface area contributed by atoms with Crippen LogP contribution < -0.4 is 5.32 Å². The Morgan fingerprint density at radius 2 is 2.10 bits per heavy atom. The molecule has 0 aliphatic carbocycles. The Bertz CT molecular complexity index is 549. The number of rotatable bonds is 4. The van der Waals surface area contributed by atoms with Crippen molar-refractivity contribution >= 4 is 0 Å². The Kier molecular flexibility index (Phi) is 4.68. The first-order chi connectivity index (χ1) is 10.3. The quantitative estimate of drug-likeness (QED) is 0.930. The maximum absolute atomic E-state index is 4.50. The number of nitrogens with one attached hydrogen (secondary N) is 1. The van der Waals surface area contributed by atoms with E-state index in [0.717, 1.165) is 38.3 Å². The molecule has 3 rings (SSSR count). The fourth-order valence-corrected chi connectivity index (χ4v) is 3.03. The lowest BCUT2D eigenvalue weighted by Crippen LogP contribution is -2.39. The first-order valence-corrected chi connectivity index (χ1v) is 7.78. The molecular weight excluding hydrogens is 260 g/mol. The van der Waals surface area contributed by atoms with Crippen molar-refractivity contribution in [3.63, 3.8) is 0 Å². The van der Waals surface area contributed by atoms with Gasteiger partial charge in [-0.3, -0.25) is 9.58 Å². The van der Waals surface area contributed by atoms with Gasteiger partial charge >= 0.3 is 0 Å². The molecule has 0 radical (unpaired) electrons. The normalized spacial score (nSPS) is 20.3. The molecule has 0 spiro atoms. The minimum atomic E-state index is 0.526. The van der Waals surface area contributed by atoms with Crippen LogP contribution in [0.1, 0.15) is 17.7 Å².